The van der Waals surface area contributed by atoms with Gasteiger partial charge < -0.3 is 33.8 Å². The van der Waals surface area contributed by atoms with Gasteiger partial charge in [-0.2, -0.15) is 0 Å². The van der Waals surface area contributed by atoms with E-state index in [4.69, 9.17) is 37.0 Å². The van der Waals surface area contributed by atoms with Crippen LogP contribution in [-0.2, 0) is 65.4 Å². The molecule has 0 aromatic rings. The quantitative estimate of drug-likeness (QED) is 0.0169. The molecule has 0 saturated heterocycles. The molecule has 0 aliphatic rings. The number of esters is 4. The topological polar surface area (TPSA) is 237 Å². The first kappa shape index (κ1) is 93.5. The molecule has 19 heteroatoms. The molecular weight excluding hydrogens is 1260 g/mol. The van der Waals surface area contributed by atoms with Gasteiger partial charge in [0.1, 0.15) is 19.3 Å². The number of aliphatic hydroxyl groups excluding tert-OH is 1. The van der Waals surface area contributed by atoms with Gasteiger partial charge in [-0.3, -0.25) is 37.3 Å². The number of ether oxygens (including phenoxy) is 4. The van der Waals surface area contributed by atoms with Gasteiger partial charge in [0.05, 0.1) is 26.4 Å². The number of aliphatic hydroxyl groups is 1. The third-order valence-electron chi connectivity index (χ3n) is 17.4. The van der Waals surface area contributed by atoms with Crippen molar-refractivity contribution in [3.8, 4) is 0 Å². The van der Waals surface area contributed by atoms with Crippen molar-refractivity contribution in [3.63, 3.8) is 0 Å². The maximum atomic E-state index is 13.1. The maximum absolute atomic E-state index is 13.1. The van der Waals surface area contributed by atoms with Crippen LogP contribution in [0.25, 0.3) is 0 Å². The summed E-state index contributed by atoms with van der Waals surface area (Å²) in [5, 5.41) is 10.6. The van der Waals surface area contributed by atoms with E-state index in [1.54, 1.807) is 0 Å². The Morgan fingerprint density at radius 2 is 0.562 bits per heavy atom. The van der Waals surface area contributed by atoms with Crippen molar-refractivity contribution in [2.75, 3.05) is 39.6 Å². The number of unbranched alkanes of at least 4 members (excludes halogenated alkanes) is 44. The van der Waals surface area contributed by atoms with E-state index in [1.807, 2.05) is 0 Å². The second-order valence-electron chi connectivity index (χ2n) is 27.5. The molecule has 0 bridgehead atoms. The molecule has 0 aromatic heterocycles. The molecule has 17 nitrogen and oxygen atoms in total. The Morgan fingerprint density at radius 3 is 0.854 bits per heavy atom. The Balaban J connectivity index is 5.20. The summed E-state index contributed by atoms with van der Waals surface area (Å²) < 4.78 is 68.4. The Bertz CT molecular complexity index is 1930. The maximum Gasteiger partial charge on any atom is 0.472 e. The van der Waals surface area contributed by atoms with Crippen LogP contribution in [0.15, 0.2) is 24.3 Å². The van der Waals surface area contributed by atoms with Gasteiger partial charge in [-0.1, -0.05) is 329 Å². The summed E-state index contributed by atoms with van der Waals surface area (Å²) in [7, 11) is -9.92. The van der Waals surface area contributed by atoms with Crippen molar-refractivity contribution in [1.82, 2.24) is 0 Å². The molecule has 3 N–H and O–H groups in total. The molecular formula is C77H146O17P2. The molecule has 0 amide bonds. The van der Waals surface area contributed by atoms with Crippen molar-refractivity contribution in [1.29, 1.82) is 0 Å². The molecule has 0 aliphatic heterocycles. The van der Waals surface area contributed by atoms with Crippen LogP contribution in [0.1, 0.15) is 381 Å². The first-order valence-electron chi connectivity index (χ1n) is 39.5. The fourth-order valence-electron chi connectivity index (χ4n) is 11.3. The number of hydrogen-bond donors (Lipinski definition) is 3. The van der Waals surface area contributed by atoms with E-state index in [0.717, 1.165) is 121 Å². The summed E-state index contributed by atoms with van der Waals surface area (Å²) in [6.07, 6.45) is 62.2. The van der Waals surface area contributed by atoms with Crippen LogP contribution in [0.5, 0.6) is 0 Å². The second kappa shape index (κ2) is 69.6. The number of allylic oxidation sites excluding steroid dienone is 4. The second-order valence-corrected chi connectivity index (χ2v) is 30.4. The highest BCUT2D eigenvalue weighted by Gasteiger charge is 2.30. The number of hydrogen-bond acceptors (Lipinski definition) is 15. The largest absolute Gasteiger partial charge is 0.472 e. The lowest BCUT2D eigenvalue weighted by Crippen LogP contribution is -2.30. The van der Waals surface area contributed by atoms with Crippen molar-refractivity contribution >= 4 is 39.5 Å². The third kappa shape index (κ3) is 70.0. The predicted molar refractivity (Wildman–Crippen MR) is 391 cm³/mol. The van der Waals surface area contributed by atoms with Gasteiger partial charge in [0.15, 0.2) is 12.2 Å². The van der Waals surface area contributed by atoms with Crippen LogP contribution >= 0.6 is 15.6 Å². The minimum Gasteiger partial charge on any atom is -0.462 e. The molecule has 0 fully saturated rings. The van der Waals surface area contributed by atoms with E-state index in [-0.39, 0.29) is 25.7 Å². The van der Waals surface area contributed by atoms with Gasteiger partial charge in [0, 0.05) is 25.7 Å². The zero-order valence-electron chi connectivity index (χ0n) is 62.0. The van der Waals surface area contributed by atoms with Gasteiger partial charge in [-0.05, 0) is 57.3 Å². The molecule has 0 spiro atoms. The van der Waals surface area contributed by atoms with E-state index in [9.17, 15) is 43.2 Å². The van der Waals surface area contributed by atoms with Crippen LogP contribution in [0.4, 0.5) is 0 Å². The fraction of sp³-hybridized carbons (Fsp3) is 0.896. The first-order chi connectivity index (χ1) is 46.5. The minimum absolute atomic E-state index is 0.102. The van der Waals surface area contributed by atoms with Gasteiger partial charge in [-0.25, -0.2) is 9.13 Å². The van der Waals surface area contributed by atoms with Crippen LogP contribution in [0, 0.1) is 5.92 Å². The lowest BCUT2D eigenvalue weighted by molar-refractivity contribution is -0.161. The smallest absolute Gasteiger partial charge is 0.462 e. The van der Waals surface area contributed by atoms with E-state index in [2.05, 4.69) is 58.9 Å². The highest BCUT2D eigenvalue weighted by atomic mass is 31.2. The van der Waals surface area contributed by atoms with Crippen molar-refractivity contribution < 1.29 is 80.2 Å². The molecule has 566 valence electrons. The van der Waals surface area contributed by atoms with Gasteiger partial charge in [-0.15, -0.1) is 0 Å². The molecule has 96 heavy (non-hydrogen) atoms. The molecule has 0 aliphatic carbocycles. The van der Waals surface area contributed by atoms with E-state index in [1.165, 1.54) is 180 Å². The zero-order chi connectivity index (χ0) is 70.5. The SMILES string of the molecule is CCCCCC/C=C\C=C/CCCCCCCC(=O)OC[C@H](COP(=O)(O)OC[C@@H](O)COP(=O)(O)OC[C@@H](COC(=O)CCCCCCCCCC)OC(=O)CCCCCCCCCCC(C)C)OC(=O)CCCCCCCCCCCCCCCCCCCCCCCC. The molecule has 0 saturated carbocycles. The number of carbonyl (C=O) groups is 4. The summed E-state index contributed by atoms with van der Waals surface area (Å²) in [5.41, 5.74) is 0. The minimum atomic E-state index is -4.96. The predicted octanol–water partition coefficient (Wildman–Crippen LogP) is 22.4. The summed E-state index contributed by atoms with van der Waals surface area (Å²) in [6, 6.07) is 0. The highest BCUT2D eigenvalue weighted by Crippen LogP contribution is 2.45. The monoisotopic (exact) mass is 1410 g/mol. The van der Waals surface area contributed by atoms with E-state index in [0.29, 0.717) is 25.7 Å². The van der Waals surface area contributed by atoms with Crippen molar-refractivity contribution in [3.05, 3.63) is 24.3 Å². The summed E-state index contributed by atoms with van der Waals surface area (Å²) >= 11 is 0. The Morgan fingerprint density at radius 1 is 0.323 bits per heavy atom. The van der Waals surface area contributed by atoms with Crippen LogP contribution in [0.3, 0.4) is 0 Å². The number of rotatable bonds is 75. The highest BCUT2D eigenvalue weighted by molar-refractivity contribution is 7.47. The summed E-state index contributed by atoms with van der Waals surface area (Å²) in [6.45, 7) is 7.15. The Kier molecular flexibility index (Phi) is 67.8. The lowest BCUT2D eigenvalue weighted by Gasteiger charge is -2.21. The number of phosphoric acid groups is 2. The third-order valence-corrected chi connectivity index (χ3v) is 19.3. The lowest BCUT2D eigenvalue weighted by atomic mass is 10.0. The molecule has 0 aromatic carbocycles. The van der Waals surface area contributed by atoms with Crippen molar-refractivity contribution in [2.24, 2.45) is 5.92 Å². The normalized spacial score (nSPS) is 14.1. The zero-order valence-corrected chi connectivity index (χ0v) is 63.8. The van der Waals surface area contributed by atoms with Crippen LogP contribution in [0.2, 0.25) is 0 Å². The molecule has 2 unspecified atom stereocenters. The van der Waals surface area contributed by atoms with E-state index < -0.39 is 97.5 Å². The Hall–Kier alpha value is -2.46. The number of carbonyl (C=O) groups excluding carboxylic acids is 4. The molecule has 5 atom stereocenters. The fourth-order valence-corrected chi connectivity index (χ4v) is 12.9. The first-order valence-corrected chi connectivity index (χ1v) is 42.4. The summed E-state index contributed by atoms with van der Waals surface area (Å²) in [4.78, 5) is 72.7. The van der Waals surface area contributed by atoms with E-state index >= 15 is 0 Å². The average molecular weight is 1410 g/mol. The Labute approximate surface area is 586 Å². The summed E-state index contributed by atoms with van der Waals surface area (Å²) in [5.74, 6) is -1.43. The average Bonchev–Trinajstić information content (AvgIpc) is 1.78. The molecule has 0 heterocycles. The van der Waals surface area contributed by atoms with Gasteiger partial charge in [0.25, 0.3) is 0 Å². The van der Waals surface area contributed by atoms with Gasteiger partial charge in [0.2, 0.25) is 0 Å². The van der Waals surface area contributed by atoms with Crippen LogP contribution < -0.4 is 0 Å². The molecule has 0 rings (SSSR count). The molecule has 0 radical (unpaired) electrons. The van der Waals surface area contributed by atoms with Crippen LogP contribution in [-0.4, -0.2) is 96.7 Å². The van der Waals surface area contributed by atoms with Gasteiger partial charge >= 0.3 is 39.5 Å². The number of phosphoric ester groups is 2. The van der Waals surface area contributed by atoms with Crippen molar-refractivity contribution in [2.45, 2.75) is 400 Å². The standard InChI is InChI=1S/C77H146O17P2/c1-6-9-12-15-18-21-23-25-27-28-29-30-31-32-33-35-37-39-41-47-52-57-62-76(81)93-73(67-88-75(80)61-56-51-46-40-38-36-34-26-24-22-19-16-13-10-7-2)69-92-96(85,86)90-65-71(78)64-89-95(83,84)91-68-72(66-87-74(79)60-55-50-45-20-17-14-11-8-3)94-77(82)63-58-53-48-43-42-44-49-54-59-70(4)5/h22,24,26,34,70-73,78H,6-21,23,25,27-33,35-69H2,1-5H3,(H,83,84)(H,85,86)/b24-22-,34-26-/t71-,72+,73+/m0/s1.